The lowest BCUT2D eigenvalue weighted by Gasteiger charge is -2.22. The number of nitrogens with one attached hydrogen (secondary N) is 1. The number of nitrogens with zero attached hydrogens (tertiary/aromatic N) is 1. The Balaban J connectivity index is 2.04. The summed E-state index contributed by atoms with van der Waals surface area (Å²) in [6, 6.07) is 9.66. The Morgan fingerprint density at radius 2 is 2.00 bits per heavy atom. The largest absolute Gasteiger partial charge is 0.370 e. The van der Waals surface area contributed by atoms with Crippen molar-refractivity contribution in [1.29, 1.82) is 0 Å². The van der Waals surface area contributed by atoms with Crippen molar-refractivity contribution >= 4 is 5.69 Å². The Hall–Kier alpha value is -1.02. The van der Waals surface area contributed by atoms with E-state index in [0.29, 0.717) is 6.04 Å². The third kappa shape index (κ3) is 2.76. The fraction of sp³-hybridized carbons (Fsp3) is 0.571. The van der Waals surface area contributed by atoms with Gasteiger partial charge in [-0.1, -0.05) is 19.1 Å². The van der Waals surface area contributed by atoms with Crippen molar-refractivity contribution in [2.24, 2.45) is 0 Å². The summed E-state index contributed by atoms with van der Waals surface area (Å²) in [5.74, 6) is 0. The number of aryl methyl sites for hydroxylation is 1. The molecule has 1 saturated heterocycles. The molecule has 2 heteroatoms. The molecule has 1 heterocycles. The number of hydrogen-bond acceptors (Lipinski definition) is 2. The van der Waals surface area contributed by atoms with Gasteiger partial charge < -0.3 is 10.2 Å². The maximum atomic E-state index is 3.53. The topological polar surface area (TPSA) is 15.3 Å². The highest BCUT2D eigenvalue weighted by atomic mass is 15.2. The van der Waals surface area contributed by atoms with Gasteiger partial charge in [0.05, 0.1) is 0 Å². The third-order valence-corrected chi connectivity index (χ3v) is 3.42. The lowest BCUT2D eigenvalue weighted by molar-refractivity contribution is 0.566. The van der Waals surface area contributed by atoms with Crippen LogP contribution in [0.4, 0.5) is 5.69 Å². The average Bonchev–Trinajstić information content (AvgIpc) is 2.54. The van der Waals surface area contributed by atoms with Gasteiger partial charge in [-0.3, -0.25) is 0 Å². The molecular formula is C14H22N2. The second-order valence-electron chi connectivity index (χ2n) is 4.65. The highest BCUT2D eigenvalue weighted by Crippen LogP contribution is 2.17. The first-order valence-corrected chi connectivity index (χ1v) is 6.37. The molecule has 0 aromatic heterocycles. The van der Waals surface area contributed by atoms with Crippen molar-refractivity contribution in [1.82, 2.24) is 5.32 Å². The molecule has 1 fully saturated rings. The summed E-state index contributed by atoms with van der Waals surface area (Å²) in [6.45, 7) is 7.85. The molecular weight excluding hydrogens is 196 g/mol. The van der Waals surface area contributed by atoms with E-state index in [2.05, 4.69) is 48.3 Å². The average molecular weight is 218 g/mol. The van der Waals surface area contributed by atoms with Crippen LogP contribution in [-0.2, 0) is 6.42 Å². The fourth-order valence-corrected chi connectivity index (χ4v) is 2.21. The van der Waals surface area contributed by atoms with E-state index in [1.54, 1.807) is 0 Å². The zero-order valence-corrected chi connectivity index (χ0v) is 10.4. The minimum absolute atomic E-state index is 0.653. The van der Waals surface area contributed by atoms with Crippen molar-refractivity contribution in [2.75, 3.05) is 24.5 Å². The molecule has 1 aliphatic heterocycles. The summed E-state index contributed by atoms with van der Waals surface area (Å²) < 4.78 is 0. The molecule has 1 atom stereocenters. The van der Waals surface area contributed by atoms with E-state index in [-0.39, 0.29) is 0 Å². The molecule has 2 nitrogen and oxygen atoms in total. The molecule has 2 rings (SSSR count). The maximum Gasteiger partial charge on any atom is 0.0366 e. The molecule has 1 aliphatic rings. The molecule has 0 aliphatic carbocycles. The van der Waals surface area contributed by atoms with Gasteiger partial charge in [-0.25, -0.2) is 0 Å². The van der Waals surface area contributed by atoms with Gasteiger partial charge in [0.15, 0.2) is 0 Å². The predicted octanol–water partition coefficient (Wildman–Crippen LogP) is 2.44. The lowest BCUT2D eigenvalue weighted by Crippen LogP contribution is -2.28. The standard InChI is InChI=1S/C14H22N2/c1-3-13-4-6-14(7-5-13)16-10-8-12(2)15-9-11-16/h4-7,12,15H,3,8-11H2,1-2H3. The second-order valence-corrected chi connectivity index (χ2v) is 4.65. The van der Waals surface area contributed by atoms with Crippen molar-refractivity contribution in [3.05, 3.63) is 29.8 Å². The van der Waals surface area contributed by atoms with Crippen LogP contribution < -0.4 is 10.2 Å². The van der Waals surface area contributed by atoms with Crippen LogP contribution in [0.3, 0.4) is 0 Å². The van der Waals surface area contributed by atoms with Crippen LogP contribution in [0.1, 0.15) is 25.8 Å². The highest BCUT2D eigenvalue weighted by Gasteiger charge is 2.12. The van der Waals surface area contributed by atoms with Crippen LogP contribution in [0.25, 0.3) is 0 Å². The molecule has 0 saturated carbocycles. The summed E-state index contributed by atoms with van der Waals surface area (Å²) in [7, 11) is 0. The second kappa shape index (κ2) is 5.35. The van der Waals surface area contributed by atoms with Crippen LogP contribution in [0.15, 0.2) is 24.3 Å². The Kier molecular flexibility index (Phi) is 3.83. The summed E-state index contributed by atoms with van der Waals surface area (Å²) >= 11 is 0. The SMILES string of the molecule is CCc1ccc(N2CCNC(C)CC2)cc1. The summed E-state index contributed by atoms with van der Waals surface area (Å²) in [5.41, 5.74) is 2.79. The Morgan fingerprint density at radius 3 is 2.69 bits per heavy atom. The predicted molar refractivity (Wildman–Crippen MR) is 70.1 cm³/mol. The molecule has 16 heavy (non-hydrogen) atoms. The first kappa shape index (κ1) is 11.5. The van der Waals surface area contributed by atoms with Crippen molar-refractivity contribution in [3.63, 3.8) is 0 Å². The number of rotatable bonds is 2. The van der Waals surface area contributed by atoms with E-state index >= 15 is 0 Å². The van der Waals surface area contributed by atoms with Gasteiger partial charge in [-0.05, 0) is 37.5 Å². The number of benzene rings is 1. The fourth-order valence-electron chi connectivity index (χ4n) is 2.21. The van der Waals surface area contributed by atoms with E-state index < -0.39 is 0 Å². The van der Waals surface area contributed by atoms with Gasteiger partial charge in [-0.2, -0.15) is 0 Å². The molecule has 88 valence electrons. The highest BCUT2D eigenvalue weighted by molar-refractivity contribution is 5.47. The van der Waals surface area contributed by atoms with Crippen LogP contribution in [0.5, 0.6) is 0 Å². The number of hydrogen-bond donors (Lipinski definition) is 1. The van der Waals surface area contributed by atoms with E-state index in [1.165, 1.54) is 24.2 Å². The number of anilines is 1. The van der Waals surface area contributed by atoms with Crippen molar-refractivity contribution < 1.29 is 0 Å². The molecule has 0 spiro atoms. The summed E-state index contributed by atoms with van der Waals surface area (Å²) in [6.07, 6.45) is 2.36. The zero-order chi connectivity index (χ0) is 11.4. The first-order valence-electron chi connectivity index (χ1n) is 6.37. The lowest BCUT2D eigenvalue weighted by atomic mass is 10.1. The molecule has 1 N–H and O–H groups in total. The van der Waals surface area contributed by atoms with Gasteiger partial charge in [-0.15, -0.1) is 0 Å². The minimum Gasteiger partial charge on any atom is -0.370 e. The molecule has 1 unspecified atom stereocenters. The normalized spacial score (nSPS) is 21.9. The molecule has 0 bridgehead atoms. The Bertz CT molecular complexity index is 318. The van der Waals surface area contributed by atoms with Crippen LogP contribution >= 0.6 is 0 Å². The summed E-state index contributed by atoms with van der Waals surface area (Å²) in [5, 5.41) is 3.53. The van der Waals surface area contributed by atoms with E-state index in [1.807, 2.05) is 0 Å². The molecule has 0 amide bonds. The van der Waals surface area contributed by atoms with Crippen molar-refractivity contribution in [2.45, 2.75) is 32.7 Å². The van der Waals surface area contributed by atoms with E-state index in [0.717, 1.165) is 19.5 Å². The van der Waals surface area contributed by atoms with Gasteiger partial charge in [0.1, 0.15) is 0 Å². The van der Waals surface area contributed by atoms with Gasteiger partial charge in [0, 0.05) is 31.4 Å². The third-order valence-electron chi connectivity index (χ3n) is 3.42. The molecule has 1 aromatic carbocycles. The zero-order valence-electron chi connectivity index (χ0n) is 10.4. The van der Waals surface area contributed by atoms with Gasteiger partial charge in [0.2, 0.25) is 0 Å². The van der Waals surface area contributed by atoms with Gasteiger partial charge >= 0.3 is 0 Å². The molecule has 1 aromatic rings. The van der Waals surface area contributed by atoms with Gasteiger partial charge in [0.25, 0.3) is 0 Å². The van der Waals surface area contributed by atoms with Crippen LogP contribution in [0, 0.1) is 0 Å². The Morgan fingerprint density at radius 1 is 1.25 bits per heavy atom. The molecule has 0 radical (unpaired) electrons. The van der Waals surface area contributed by atoms with Crippen LogP contribution in [0.2, 0.25) is 0 Å². The Labute approximate surface area is 98.7 Å². The van der Waals surface area contributed by atoms with E-state index in [4.69, 9.17) is 0 Å². The maximum absolute atomic E-state index is 3.53. The summed E-state index contributed by atoms with van der Waals surface area (Å²) in [4.78, 5) is 2.48. The monoisotopic (exact) mass is 218 g/mol. The quantitative estimate of drug-likeness (QED) is 0.820. The van der Waals surface area contributed by atoms with E-state index in [9.17, 15) is 0 Å². The smallest absolute Gasteiger partial charge is 0.0366 e. The van der Waals surface area contributed by atoms with Crippen molar-refractivity contribution in [3.8, 4) is 0 Å². The van der Waals surface area contributed by atoms with Crippen LogP contribution in [-0.4, -0.2) is 25.7 Å². The first-order chi connectivity index (χ1) is 7.79. The minimum atomic E-state index is 0.653.